The normalized spacial score (nSPS) is 11.1. The predicted molar refractivity (Wildman–Crippen MR) is 149 cm³/mol. The summed E-state index contributed by atoms with van der Waals surface area (Å²) in [5, 5.41) is 13.3. The molecule has 0 saturated carbocycles. The van der Waals surface area contributed by atoms with Crippen LogP contribution in [0.15, 0.2) is 89.1 Å². The van der Waals surface area contributed by atoms with Crippen LogP contribution in [0.4, 0.5) is 0 Å². The second kappa shape index (κ2) is 13.1. The molecule has 0 atom stereocenters. The molecule has 1 N–H and O–H groups in total. The van der Waals surface area contributed by atoms with Gasteiger partial charge in [-0.1, -0.05) is 30.0 Å². The molecule has 0 fully saturated rings. The van der Waals surface area contributed by atoms with E-state index in [1.165, 1.54) is 18.0 Å². The van der Waals surface area contributed by atoms with Crippen LogP contribution in [0.3, 0.4) is 0 Å². The van der Waals surface area contributed by atoms with Gasteiger partial charge in [0.2, 0.25) is 0 Å². The van der Waals surface area contributed by atoms with E-state index in [1.54, 1.807) is 27.4 Å². The van der Waals surface area contributed by atoms with Gasteiger partial charge in [0.1, 0.15) is 17.2 Å². The Hall–Kier alpha value is -4.57. The molecule has 4 aromatic rings. The Morgan fingerprint density at radius 1 is 0.921 bits per heavy atom. The molecule has 9 nitrogen and oxygen atoms in total. The van der Waals surface area contributed by atoms with Crippen LogP contribution in [0.25, 0.3) is 23.2 Å². The standard InChI is InChI=1S/C28H27N5O4S/c1-35-23-14-10-21(11-15-23)27-31-32-28(33(27)22-12-16-24(36-2)17-13-22)38-19-26(34)30-29-18-6-8-20-7-4-5-9-25(20)37-3/h4-18H,19H2,1-3H3,(H,30,34)/b8-6+,29-18-. The van der Waals surface area contributed by atoms with Crippen LogP contribution in [0.2, 0.25) is 0 Å². The lowest BCUT2D eigenvalue weighted by molar-refractivity contribution is -0.118. The minimum absolute atomic E-state index is 0.102. The molecule has 0 spiro atoms. The van der Waals surface area contributed by atoms with Crippen molar-refractivity contribution in [3.63, 3.8) is 0 Å². The molecular weight excluding hydrogens is 502 g/mol. The van der Waals surface area contributed by atoms with Crippen molar-refractivity contribution in [3.8, 4) is 34.3 Å². The Labute approximate surface area is 225 Å². The molecule has 4 rings (SSSR count). The zero-order valence-corrected chi connectivity index (χ0v) is 22.0. The SMILES string of the molecule is COc1ccc(-c2nnc(SCC(=O)N/N=C\C=C\c3ccccc3OC)n2-c2ccc(OC)cc2)cc1. The average Bonchev–Trinajstić information content (AvgIpc) is 3.40. The lowest BCUT2D eigenvalue weighted by Crippen LogP contribution is -2.19. The molecule has 1 amide bonds. The highest BCUT2D eigenvalue weighted by Gasteiger charge is 2.17. The highest BCUT2D eigenvalue weighted by Crippen LogP contribution is 2.29. The number of hydrazone groups is 1. The van der Waals surface area contributed by atoms with Gasteiger partial charge in [-0.05, 0) is 66.7 Å². The second-order valence-corrected chi connectivity index (χ2v) is 8.71. The van der Waals surface area contributed by atoms with Gasteiger partial charge in [0.05, 0.1) is 27.1 Å². The molecule has 1 aromatic heterocycles. The minimum atomic E-state index is -0.271. The number of benzene rings is 3. The van der Waals surface area contributed by atoms with Crippen molar-refractivity contribution in [2.45, 2.75) is 5.16 Å². The Morgan fingerprint density at radius 2 is 1.61 bits per heavy atom. The van der Waals surface area contributed by atoms with Crippen LogP contribution in [-0.4, -0.2) is 54.0 Å². The van der Waals surface area contributed by atoms with Gasteiger partial charge < -0.3 is 14.2 Å². The molecule has 0 bridgehead atoms. The molecule has 0 unspecified atom stereocenters. The third-order valence-electron chi connectivity index (χ3n) is 5.41. The fraction of sp³-hybridized carbons (Fsp3) is 0.143. The highest BCUT2D eigenvalue weighted by molar-refractivity contribution is 7.99. The number of carbonyl (C=O) groups excluding carboxylic acids is 1. The third kappa shape index (κ3) is 6.60. The van der Waals surface area contributed by atoms with Gasteiger partial charge in [-0.25, -0.2) is 5.43 Å². The first kappa shape index (κ1) is 26.5. The summed E-state index contributed by atoms with van der Waals surface area (Å²) in [6.45, 7) is 0. The number of carbonyl (C=O) groups is 1. The Morgan fingerprint density at radius 3 is 2.29 bits per heavy atom. The molecule has 10 heteroatoms. The number of nitrogens with one attached hydrogen (secondary N) is 1. The molecule has 194 valence electrons. The van der Waals surface area contributed by atoms with Gasteiger partial charge in [-0.2, -0.15) is 5.10 Å². The summed E-state index contributed by atoms with van der Waals surface area (Å²) < 4.78 is 17.8. The number of rotatable bonds is 11. The van der Waals surface area contributed by atoms with Crippen LogP contribution in [0.1, 0.15) is 5.56 Å². The summed E-state index contributed by atoms with van der Waals surface area (Å²) in [5.41, 5.74) is 5.14. The van der Waals surface area contributed by atoms with E-state index in [0.29, 0.717) is 11.0 Å². The summed E-state index contributed by atoms with van der Waals surface area (Å²) >= 11 is 1.26. The highest BCUT2D eigenvalue weighted by atomic mass is 32.2. The summed E-state index contributed by atoms with van der Waals surface area (Å²) in [6.07, 6.45) is 5.09. The van der Waals surface area contributed by atoms with E-state index in [-0.39, 0.29) is 11.7 Å². The molecular formula is C28H27N5O4S. The number of allylic oxidation sites excluding steroid dienone is 1. The number of hydrogen-bond acceptors (Lipinski definition) is 8. The lowest BCUT2D eigenvalue weighted by Gasteiger charge is -2.11. The van der Waals surface area contributed by atoms with Crippen molar-refractivity contribution in [1.29, 1.82) is 0 Å². The smallest absolute Gasteiger partial charge is 0.250 e. The van der Waals surface area contributed by atoms with Crippen LogP contribution in [0, 0.1) is 0 Å². The second-order valence-electron chi connectivity index (χ2n) is 7.77. The van der Waals surface area contributed by atoms with Gasteiger partial charge >= 0.3 is 0 Å². The van der Waals surface area contributed by atoms with Crippen LogP contribution >= 0.6 is 11.8 Å². The van der Waals surface area contributed by atoms with Crippen LogP contribution < -0.4 is 19.6 Å². The zero-order chi connectivity index (χ0) is 26.7. The predicted octanol–water partition coefficient (Wildman–Crippen LogP) is 4.87. The summed E-state index contributed by atoms with van der Waals surface area (Å²) in [7, 11) is 4.86. The number of aromatic nitrogens is 3. The zero-order valence-electron chi connectivity index (χ0n) is 21.2. The van der Waals surface area contributed by atoms with E-state index in [4.69, 9.17) is 14.2 Å². The Bertz CT molecular complexity index is 1420. The molecule has 0 radical (unpaired) electrons. The summed E-state index contributed by atoms with van der Waals surface area (Å²) in [4.78, 5) is 12.5. The van der Waals surface area contributed by atoms with E-state index >= 15 is 0 Å². The van der Waals surface area contributed by atoms with Crippen molar-refractivity contribution in [1.82, 2.24) is 20.2 Å². The largest absolute Gasteiger partial charge is 0.497 e. The molecule has 0 aliphatic heterocycles. The molecule has 38 heavy (non-hydrogen) atoms. The van der Waals surface area contributed by atoms with Crippen molar-refractivity contribution >= 4 is 30.0 Å². The Balaban J connectivity index is 1.46. The van der Waals surface area contributed by atoms with E-state index in [9.17, 15) is 4.79 Å². The van der Waals surface area contributed by atoms with Crippen LogP contribution in [-0.2, 0) is 4.79 Å². The molecule has 0 saturated heterocycles. The molecule has 3 aromatic carbocycles. The number of thioether (sulfide) groups is 1. The first-order valence-corrected chi connectivity index (χ1v) is 12.6. The number of methoxy groups -OCH3 is 3. The number of amides is 1. The van der Waals surface area contributed by atoms with Crippen LogP contribution in [0.5, 0.6) is 17.2 Å². The van der Waals surface area contributed by atoms with Gasteiger partial charge in [0, 0.05) is 23.0 Å². The molecule has 1 heterocycles. The monoisotopic (exact) mass is 529 g/mol. The maximum atomic E-state index is 12.5. The summed E-state index contributed by atoms with van der Waals surface area (Å²) in [6, 6.07) is 22.7. The van der Waals surface area contributed by atoms with Gasteiger partial charge in [0.25, 0.3) is 5.91 Å². The van der Waals surface area contributed by atoms with Gasteiger partial charge in [0.15, 0.2) is 11.0 Å². The van der Waals surface area contributed by atoms with E-state index < -0.39 is 0 Å². The maximum Gasteiger partial charge on any atom is 0.250 e. The van der Waals surface area contributed by atoms with Crippen molar-refractivity contribution < 1.29 is 19.0 Å². The minimum Gasteiger partial charge on any atom is -0.497 e. The third-order valence-corrected chi connectivity index (χ3v) is 6.34. The fourth-order valence-corrected chi connectivity index (χ4v) is 4.26. The quantitative estimate of drug-likeness (QED) is 0.168. The number of nitrogens with zero attached hydrogens (tertiary/aromatic N) is 4. The number of ether oxygens (including phenoxy) is 3. The molecule has 0 aliphatic rings. The number of para-hydroxylation sites is 1. The molecule has 0 aliphatic carbocycles. The first-order valence-electron chi connectivity index (χ1n) is 11.6. The average molecular weight is 530 g/mol. The first-order chi connectivity index (χ1) is 18.6. The fourth-order valence-electron chi connectivity index (χ4n) is 3.52. The number of hydrogen-bond donors (Lipinski definition) is 1. The van der Waals surface area contributed by atoms with E-state index in [0.717, 1.165) is 34.1 Å². The summed E-state index contributed by atoms with van der Waals surface area (Å²) in [5.74, 6) is 2.71. The van der Waals surface area contributed by atoms with Crippen molar-refractivity contribution in [2.24, 2.45) is 5.10 Å². The van der Waals surface area contributed by atoms with E-state index in [2.05, 4.69) is 20.7 Å². The van der Waals surface area contributed by atoms with Gasteiger partial charge in [-0.3, -0.25) is 9.36 Å². The lowest BCUT2D eigenvalue weighted by atomic mass is 10.2. The maximum absolute atomic E-state index is 12.5. The van der Waals surface area contributed by atoms with Crippen molar-refractivity contribution in [2.75, 3.05) is 27.1 Å². The van der Waals surface area contributed by atoms with E-state index in [1.807, 2.05) is 83.4 Å². The topological polar surface area (TPSA) is 99.9 Å². The van der Waals surface area contributed by atoms with Crippen molar-refractivity contribution in [3.05, 3.63) is 84.4 Å². The Kier molecular flexibility index (Phi) is 9.14. The van der Waals surface area contributed by atoms with Gasteiger partial charge in [-0.15, -0.1) is 10.2 Å².